The van der Waals surface area contributed by atoms with Gasteiger partial charge in [0.15, 0.2) is 17.3 Å². The maximum atomic E-state index is 13.4. The lowest BCUT2D eigenvalue weighted by Gasteiger charge is -2.03. The van der Waals surface area contributed by atoms with Crippen LogP contribution in [0.1, 0.15) is 41.1 Å². The standard InChI is InChI=1S/C13H12F2N4O3/c14-7-4-8(15)11(16-5-7)12(20)17-6-10-18-13(22-19-10)9-2-1-3-21-9/h4-5,9H,1-3,6H2,(H,17,20)/t9-/m1/s1. The number of ether oxygens (including phenoxy) is 1. The highest BCUT2D eigenvalue weighted by molar-refractivity contribution is 5.92. The molecule has 1 aliphatic rings. The van der Waals surface area contributed by atoms with Crippen molar-refractivity contribution in [3.63, 3.8) is 0 Å². The van der Waals surface area contributed by atoms with Gasteiger partial charge in [-0.3, -0.25) is 4.79 Å². The minimum absolute atomic E-state index is 0.0620. The average molecular weight is 310 g/mol. The third-order valence-corrected chi connectivity index (χ3v) is 3.12. The Morgan fingerprint density at radius 2 is 2.32 bits per heavy atom. The van der Waals surface area contributed by atoms with Crippen molar-refractivity contribution in [3.8, 4) is 0 Å². The molecule has 0 bridgehead atoms. The van der Waals surface area contributed by atoms with Crippen molar-refractivity contribution in [2.24, 2.45) is 0 Å². The van der Waals surface area contributed by atoms with Gasteiger partial charge in [-0.05, 0) is 12.8 Å². The second-order valence-corrected chi connectivity index (χ2v) is 4.72. The van der Waals surface area contributed by atoms with Crippen molar-refractivity contribution in [2.45, 2.75) is 25.5 Å². The van der Waals surface area contributed by atoms with E-state index < -0.39 is 23.2 Å². The molecule has 0 aromatic carbocycles. The number of nitrogens with zero attached hydrogens (tertiary/aromatic N) is 3. The van der Waals surface area contributed by atoms with E-state index in [0.29, 0.717) is 18.6 Å². The van der Waals surface area contributed by atoms with E-state index in [1.54, 1.807) is 0 Å². The fourth-order valence-corrected chi connectivity index (χ4v) is 2.07. The summed E-state index contributed by atoms with van der Waals surface area (Å²) in [4.78, 5) is 19.3. The van der Waals surface area contributed by atoms with E-state index in [1.165, 1.54) is 0 Å². The Kier molecular flexibility index (Phi) is 4.05. The molecule has 2 aromatic rings. The van der Waals surface area contributed by atoms with Crippen LogP contribution in [0.4, 0.5) is 8.78 Å². The highest BCUT2D eigenvalue weighted by atomic mass is 19.1. The second-order valence-electron chi connectivity index (χ2n) is 4.72. The largest absolute Gasteiger partial charge is 0.368 e. The summed E-state index contributed by atoms with van der Waals surface area (Å²) in [7, 11) is 0. The lowest BCUT2D eigenvalue weighted by molar-refractivity contribution is 0.0835. The number of rotatable bonds is 4. The zero-order valence-electron chi connectivity index (χ0n) is 11.4. The van der Waals surface area contributed by atoms with E-state index in [1.807, 2.05) is 0 Å². The average Bonchev–Trinajstić information content (AvgIpc) is 3.16. The van der Waals surface area contributed by atoms with Gasteiger partial charge in [-0.15, -0.1) is 0 Å². The van der Waals surface area contributed by atoms with Crippen molar-refractivity contribution >= 4 is 5.91 Å². The Hall–Kier alpha value is -2.42. The van der Waals surface area contributed by atoms with Gasteiger partial charge in [0.1, 0.15) is 11.9 Å². The van der Waals surface area contributed by atoms with Crippen LogP contribution in [0.3, 0.4) is 0 Å². The van der Waals surface area contributed by atoms with Gasteiger partial charge in [-0.1, -0.05) is 5.16 Å². The molecule has 1 atom stereocenters. The van der Waals surface area contributed by atoms with Crippen LogP contribution >= 0.6 is 0 Å². The summed E-state index contributed by atoms with van der Waals surface area (Å²) in [5.41, 5.74) is -0.496. The summed E-state index contributed by atoms with van der Waals surface area (Å²) in [6, 6.07) is 0.589. The van der Waals surface area contributed by atoms with Gasteiger partial charge in [-0.25, -0.2) is 13.8 Å². The minimum Gasteiger partial charge on any atom is -0.368 e. The molecule has 2 aromatic heterocycles. The van der Waals surface area contributed by atoms with Crippen LogP contribution in [0.15, 0.2) is 16.8 Å². The molecule has 116 valence electrons. The molecule has 22 heavy (non-hydrogen) atoms. The van der Waals surface area contributed by atoms with Gasteiger partial charge in [0.25, 0.3) is 11.8 Å². The molecule has 0 saturated carbocycles. The van der Waals surface area contributed by atoms with Gasteiger partial charge in [0.2, 0.25) is 0 Å². The SMILES string of the molecule is O=C(NCc1noc([C@H]2CCCO2)n1)c1ncc(F)cc1F. The van der Waals surface area contributed by atoms with Gasteiger partial charge in [0.05, 0.1) is 12.7 Å². The third kappa shape index (κ3) is 3.08. The number of aromatic nitrogens is 3. The van der Waals surface area contributed by atoms with Crippen LogP contribution < -0.4 is 5.32 Å². The van der Waals surface area contributed by atoms with E-state index in [2.05, 4.69) is 20.4 Å². The lowest BCUT2D eigenvalue weighted by Crippen LogP contribution is -2.25. The highest BCUT2D eigenvalue weighted by Gasteiger charge is 2.24. The maximum Gasteiger partial charge on any atom is 0.273 e. The van der Waals surface area contributed by atoms with Crippen LogP contribution in [0.5, 0.6) is 0 Å². The molecule has 0 spiro atoms. The summed E-state index contributed by atoms with van der Waals surface area (Å²) in [5.74, 6) is -2.09. The number of nitrogens with one attached hydrogen (secondary N) is 1. The third-order valence-electron chi connectivity index (χ3n) is 3.12. The molecule has 1 saturated heterocycles. The second kappa shape index (κ2) is 6.14. The van der Waals surface area contributed by atoms with Crippen molar-refractivity contribution < 1.29 is 22.8 Å². The quantitative estimate of drug-likeness (QED) is 0.921. The molecule has 7 nitrogen and oxygen atoms in total. The first-order chi connectivity index (χ1) is 10.6. The number of carbonyl (C=O) groups is 1. The molecule has 0 unspecified atom stereocenters. The first kappa shape index (κ1) is 14.5. The molecular formula is C13H12F2N4O3. The highest BCUT2D eigenvalue weighted by Crippen LogP contribution is 2.26. The van der Waals surface area contributed by atoms with Gasteiger partial charge >= 0.3 is 0 Å². The Labute approximate surface area is 123 Å². The maximum absolute atomic E-state index is 13.4. The molecule has 9 heteroatoms. The van der Waals surface area contributed by atoms with Crippen LogP contribution in [0.25, 0.3) is 0 Å². The van der Waals surface area contributed by atoms with Crippen LogP contribution in [0.2, 0.25) is 0 Å². The van der Waals surface area contributed by atoms with E-state index in [-0.39, 0.29) is 18.5 Å². The first-order valence-corrected chi connectivity index (χ1v) is 6.67. The van der Waals surface area contributed by atoms with Crippen LogP contribution in [0, 0.1) is 11.6 Å². The van der Waals surface area contributed by atoms with Crippen molar-refractivity contribution in [2.75, 3.05) is 6.61 Å². The molecule has 0 radical (unpaired) electrons. The topological polar surface area (TPSA) is 90.1 Å². The Morgan fingerprint density at radius 1 is 1.45 bits per heavy atom. The molecule has 3 heterocycles. The monoisotopic (exact) mass is 310 g/mol. The molecule has 1 aliphatic heterocycles. The molecule has 1 fully saturated rings. The summed E-state index contributed by atoms with van der Waals surface area (Å²) in [6.07, 6.45) is 2.28. The first-order valence-electron chi connectivity index (χ1n) is 6.67. The molecular weight excluding hydrogens is 298 g/mol. The van der Waals surface area contributed by atoms with Crippen molar-refractivity contribution in [1.29, 1.82) is 0 Å². The zero-order valence-corrected chi connectivity index (χ0v) is 11.4. The number of hydrogen-bond acceptors (Lipinski definition) is 6. The fourth-order valence-electron chi connectivity index (χ4n) is 2.07. The number of amides is 1. The van der Waals surface area contributed by atoms with Crippen molar-refractivity contribution in [3.05, 3.63) is 41.3 Å². The van der Waals surface area contributed by atoms with Crippen LogP contribution in [-0.4, -0.2) is 27.6 Å². The van der Waals surface area contributed by atoms with Crippen molar-refractivity contribution in [1.82, 2.24) is 20.4 Å². The zero-order chi connectivity index (χ0) is 15.5. The minimum atomic E-state index is -1.04. The number of hydrogen-bond donors (Lipinski definition) is 1. The molecule has 0 aliphatic carbocycles. The number of halogens is 2. The van der Waals surface area contributed by atoms with Gasteiger partial charge < -0.3 is 14.6 Å². The molecule has 1 N–H and O–H groups in total. The number of pyridine rings is 1. The smallest absolute Gasteiger partial charge is 0.273 e. The predicted molar refractivity (Wildman–Crippen MR) is 67.5 cm³/mol. The van der Waals surface area contributed by atoms with Crippen LogP contribution in [-0.2, 0) is 11.3 Å². The Balaban J connectivity index is 1.61. The normalized spacial score (nSPS) is 17.6. The predicted octanol–water partition coefficient (Wildman–Crippen LogP) is 1.52. The summed E-state index contributed by atoms with van der Waals surface area (Å²) in [5, 5.41) is 6.10. The summed E-state index contributed by atoms with van der Waals surface area (Å²) < 4.78 is 36.6. The fraction of sp³-hybridized carbons (Fsp3) is 0.385. The molecule has 1 amide bonds. The van der Waals surface area contributed by atoms with Gasteiger partial charge in [-0.2, -0.15) is 4.98 Å². The molecule has 3 rings (SSSR count). The summed E-state index contributed by atoms with van der Waals surface area (Å²) in [6.45, 7) is 0.585. The lowest BCUT2D eigenvalue weighted by atomic mass is 10.2. The van der Waals surface area contributed by atoms with E-state index in [0.717, 1.165) is 19.0 Å². The summed E-state index contributed by atoms with van der Waals surface area (Å²) >= 11 is 0. The number of carbonyl (C=O) groups excluding carboxylic acids is 1. The van der Waals surface area contributed by atoms with E-state index >= 15 is 0 Å². The van der Waals surface area contributed by atoms with E-state index in [9.17, 15) is 13.6 Å². The Morgan fingerprint density at radius 3 is 3.05 bits per heavy atom. The van der Waals surface area contributed by atoms with Gasteiger partial charge in [0, 0.05) is 12.7 Å². The Bertz CT molecular complexity index is 686. The van der Waals surface area contributed by atoms with E-state index in [4.69, 9.17) is 9.26 Å².